The van der Waals surface area contributed by atoms with Crippen molar-refractivity contribution >= 4 is 15.8 Å². The molecule has 0 amide bonds. The Morgan fingerprint density at radius 1 is 1.30 bits per heavy atom. The van der Waals surface area contributed by atoms with Crippen LogP contribution in [0.2, 0.25) is 0 Å². The molecular weight excluding hydrogens is 276 g/mol. The third-order valence-corrected chi connectivity index (χ3v) is 5.57. The van der Waals surface area contributed by atoms with E-state index >= 15 is 0 Å². The monoisotopic (exact) mass is 296 g/mol. The van der Waals surface area contributed by atoms with Crippen LogP contribution in [0.5, 0.6) is 0 Å². The van der Waals surface area contributed by atoms with Gasteiger partial charge in [-0.25, -0.2) is 24.0 Å². The molecular formula is C13H20N4O2S. The van der Waals surface area contributed by atoms with E-state index in [0.29, 0.717) is 18.3 Å². The SMILES string of the molecule is NNc1cc(S(=O)(=O)NCC(C2CC2)C2CC2)ccn1. The van der Waals surface area contributed by atoms with Crippen LogP contribution < -0.4 is 16.0 Å². The molecule has 0 radical (unpaired) electrons. The van der Waals surface area contributed by atoms with Crippen LogP contribution in [-0.2, 0) is 10.0 Å². The number of sulfonamides is 1. The molecule has 4 N–H and O–H groups in total. The molecule has 2 saturated carbocycles. The van der Waals surface area contributed by atoms with Gasteiger partial charge in [-0.05, 0) is 49.5 Å². The molecule has 110 valence electrons. The second kappa shape index (κ2) is 5.31. The van der Waals surface area contributed by atoms with Crippen molar-refractivity contribution in [2.24, 2.45) is 23.6 Å². The van der Waals surface area contributed by atoms with Gasteiger partial charge < -0.3 is 5.43 Å². The highest BCUT2D eigenvalue weighted by Crippen LogP contribution is 2.48. The molecule has 0 atom stereocenters. The van der Waals surface area contributed by atoms with Crippen molar-refractivity contribution in [1.82, 2.24) is 9.71 Å². The minimum Gasteiger partial charge on any atom is -0.308 e. The molecule has 2 aliphatic carbocycles. The van der Waals surface area contributed by atoms with Crippen LogP contribution in [0, 0.1) is 17.8 Å². The number of pyridine rings is 1. The maximum atomic E-state index is 12.3. The minimum absolute atomic E-state index is 0.200. The lowest BCUT2D eigenvalue weighted by atomic mass is 9.99. The zero-order valence-corrected chi connectivity index (χ0v) is 12.1. The maximum absolute atomic E-state index is 12.3. The van der Waals surface area contributed by atoms with Crippen LogP contribution in [0.15, 0.2) is 23.2 Å². The predicted octanol–water partition coefficient (Wildman–Crippen LogP) is 1.08. The van der Waals surface area contributed by atoms with Gasteiger partial charge in [0.15, 0.2) is 0 Å². The zero-order valence-electron chi connectivity index (χ0n) is 11.2. The summed E-state index contributed by atoms with van der Waals surface area (Å²) in [5.74, 6) is 7.56. The normalized spacial score (nSPS) is 19.3. The minimum atomic E-state index is -3.48. The van der Waals surface area contributed by atoms with Gasteiger partial charge >= 0.3 is 0 Å². The molecule has 0 spiro atoms. The van der Waals surface area contributed by atoms with E-state index in [0.717, 1.165) is 11.8 Å². The summed E-state index contributed by atoms with van der Waals surface area (Å²) in [7, 11) is -3.48. The number of nitrogen functional groups attached to an aromatic ring is 1. The van der Waals surface area contributed by atoms with E-state index in [2.05, 4.69) is 15.1 Å². The molecule has 0 unspecified atom stereocenters. The van der Waals surface area contributed by atoms with E-state index in [1.165, 1.54) is 44.0 Å². The van der Waals surface area contributed by atoms with Gasteiger partial charge in [-0.1, -0.05) is 0 Å². The lowest BCUT2D eigenvalue weighted by Crippen LogP contribution is -2.31. The number of nitrogens with one attached hydrogen (secondary N) is 2. The fourth-order valence-corrected chi connectivity index (χ4v) is 3.80. The first-order chi connectivity index (χ1) is 9.60. The number of rotatable bonds is 7. The Labute approximate surface area is 119 Å². The van der Waals surface area contributed by atoms with E-state index in [1.54, 1.807) is 0 Å². The Balaban J connectivity index is 1.67. The molecule has 3 rings (SSSR count). The maximum Gasteiger partial charge on any atom is 0.240 e. The van der Waals surface area contributed by atoms with E-state index in [9.17, 15) is 8.42 Å². The lowest BCUT2D eigenvalue weighted by molar-refractivity contribution is 0.401. The van der Waals surface area contributed by atoms with Crippen molar-refractivity contribution in [3.05, 3.63) is 18.3 Å². The third kappa shape index (κ3) is 3.11. The summed E-state index contributed by atoms with van der Waals surface area (Å²) in [5.41, 5.74) is 2.36. The van der Waals surface area contributed by atoms with Gasteiger partial charge in [-0.2, -0.15) is 0 Å². The summed E-state index contributed by atoms with van der Waals surface area (Å²) in [4.78, 5) is 4.11. The van der Waals surface area contributed by atoms with Crippen LogP contribution in [0.4, 0.5) is 5.82 Å². The first-order valence-corrected chi connectivity index (χ1v) is 8.51. The van der Waals surface area contributed by atoms with Crippen molar-refractivity contribution in [1.29, 1.82) is 0 Å². The molecule has 7 heteroatoms. The van der Waals surface area contributed by atoms with Gasteiger partial charge in [-0.3, -0.25) is 0 Å². The summed E-state index contributed by atoms with van der Waals surface area (Å²) in [6, 6.07) is 2.91. The van der Waals surface area contributed by atoms with E-state index < -0.39 is 10.0 Å². The Hall–Kier alpha value is -1.18. The van der Waals surface area contributed by atoms with Gasteiger partial charge in [0.2, 0.25) is 10.0 Å². The highest BCUT2D eigenvalue weighted by Gasteiger charge is 2.41. The Kier molecular flexibility index (Phi) is 3.66. The first kappa shape index (κ1) is 13.8. The van der Waals surface area contributed by atoms with Gasteiger partial charge in [0.25, 0.3) is 0 Å². The molecule has 2 fully saturated rings. The molecule has 1 heterocycles. The quantitative estimate of drug-likeness (QED) is 0.517. The highest BCUT2D eigenvalue weighted by atomic mass is 32.2. The molecule has 0 aromatic carbocycles. The van der Waals surface area contributed by atoms with Crippen LogP contribution in [-0.4, -0.2) is 19.9 Å². The summed E-state index contributed by atoms with van der Waals surface area (Å²) >= 11 is 0. The van der Waals surface area contributed by atoms with Gasteiger partial charge in [0.1, 0.15) is 5.82 Å². The van der Waals surface area contributed by atoms with Crippen molar-refractivity contribution in [3.63, 3.8) is 0 Å². The van der Waals surface area contributed by atoms with Crippen molar-refractivity contribution < 1.29 is 8.42 Å². The smallest absolute Gasteiger partial charge is 0.240 e. The molecule has 2 aliphatic rings. The number of anilines is 1. The Morgan fingerprint density at radius 2 is 1.95 bits per heavy atom. The summed E-state index contributed by atoms with van der Waals surface area (Å²) in [5, 5.41) is 0. The average molecular weight is 296 g/mol. The van der Waals surface area contributed by atoms with E-state index in [1.807, 2.05) is 0 Å². The van der Waals surface area contributed by atoms with Crippen LogP contribution in [0.25, 0.3) is 0 Å². The molecule has 0 saturated heterocycles. The van der Waals surface area contributed by atoms with Crippen molar-refractivity contribution in [3.8, 4) is 0 Å². The topological polar surface area (TPSA) is 97.1 Å². The number of hydrogen-bond donors (Lipinski definition) is 3. The molecule has 0 aliphatic heterocycles. The zero-order chi connectivity index (χ0) is 14.2. The standard InChI is InChI=1S/C13H20N4O2S/c14-17-13-7-11(5-6-15-13)20(18,19)16-8-12(9-1-2-9)10-3-4-10/h5-7,9-10,12,16H,1-4,8,14H2,(H,15,17). The molecule has 1 aromatic rings. The highest BCUT2D eigenvalue weighted by molar-refractivity contribution is 7.89. The van der Waals surface area contributed by atoms with Crippen molar-refractivity contribution in [2.75, 3.05) is 12.0 Å². The van der Waals surface area contributed by atoms with Gasteiger partial charge in [-0.15, -0.1) is 0 Å². The number of hydrazine groups is 1. The van der Waals surface area contributed by atoms with E-state index in [4.69, 9.17) is 5.84 Å². The molecule has 1 aromatic heterocycles. The second-order valence-electron chi connectivity index (χ2n) is 5.71. The van der Waals surface area contributed by atoms with Crippen molar-refractivity contribution in [2.45, 2.75) is 30.6 Å². The number of nitrogens with two attached hydrogens (primary N) is 1. The Morgan fingerprint density at radius 3 is 2.50 bits per heavy atom. The summed E-state index contributed by atoms with van der Waals surface area (Å²) in [6.07, 6.45) is 6.43. The first-order valence-electron chi connectivity index (χ1n) is 7.02. The fourth-order valence-electron chi connectivity index (χ4n) is 2.71. The third-order valence-electron chi connectivity index (χ3n) is 4.15. The molecule has 20 heavy (non-hydrogen) atoms. The summed E-state index contributed by atoms with van der Waals surface area (Å²) in [6.45, 7) is 0.547. The van der Waals surface area contributed by atoms with Crippen LogP contribution in [0.1, 0.15) is 25.7 Å². The largest absolute Gasteiger partial charge is 0.308 e. The second-order valence-corrected chi connectivity index (χ2v) is 7.48. The summed E-state index contributed by atoms with van der Waals surface area (Å²) < 4.78 is 27.3. The number of hydrogen-bond acceptors (Lipinski definition) is 5. The predicted molar refractivity (Wildman–Crippen MR) is 76.2 cm³/mol. The van der Waals surface area contributed by atoms with Crippen LogP contribution in [0.3, 0.4) is 0 Å². The van der Waals surface area contributed by atoms with Crippen LogP contribution >= 0.6 is 0 Å². The average Bonchev–Trinajstić information content (AvgIpc) is 3.32. The molecule has 0 bridgehead atoms. The van der Waals surface area contributed by atoms with Gasteiger partial charge in [0.05, 0.1) is 4.90 Å². The Bertz CT molecular complexity index is 570. The number of nitrogens with zero attached hydrogens (tertiary/aromatic N) is 1. The molecule has 6 nitrogen and oxygen atoms in total. The number of aromatic nitrogens is 1. The lowest BCUT2D eigenvalue weighted by Gasteiger charge is -2.16. The van der Waals surface area contributed by atoms with Gasteiger partial charge in [0, 0.05) is 18.8 Å². The fraction of sp³-hybridized carbons (Fsp3) is 0.615. The van der Waals surface area contributed by atoms with E-state index in [-0.39, 0.29) is 4.90 Å².